The van der Waals surface area contributed by atoms with Gasteiger partial charge in [0.2, 0.25) is 11.8 Å². The molecule has 7 rings (SSSR count). The van der Waals surface area contributed by atoms with Crippen LogP contribution < -0.4 is 16.1 Å². The molecule has 4 atom stereocenters. The van der Waals surface area contributed by atoms with Crippen molar-refractivity contribution in [2.75, 3.05) is 27.3 Å². The standard InChI is InChI=1S/C42H51N9O7/c1-22(2)34(47-41(55)57-6)39(53)50-16-8-10-31(50)37-43-20-28(45-37)24-13-15-30-27(18-24)36(52)26-14-12-25(19-33(26)49(30)5)29-21-44-38(46-29)32-11-9-17-51(32)40(54)35(23(3)4)48-42(56)58-7/h12-15,18-23,31-32,34-35H,8-11,16-17H2,1-7H3,(H,43,45)(H,44,46)(H,47,55)(H,48,56)/t31-,32-,34?,35?/m0/s1. The second kappa shape index (κ2) is 16.3. The predicted octanol–water partition coefficient (Wildman–Crippen LogP) is 5.56. The number of aryl methyl sites for hydroxylation is 1. The molecule has 2 fully saturated rings. The molecule has 58 heavy (non-hydrogen) atoms. The van der Waals surface area contributed by atoms with Gasteiger partial charge in [0, 0.05) is 42.0 Å². The van der Waals surface area contributed by atoms with Crippen molar-refractivity contribution < 1.29 is 28.7 Å². The highest BCUT2D eigenvalue weighted by atomic mass is 16.5. The summed E-state index contributed by atoms with van der Waals surface area (Å²) in [6.07, 6.45) is 5.23. The zero-order chi connectivity index (χ0) is 41.4. The Labute approximate surface area is 335 Å². The van der Waals surface area contributed by atoms with E-state index in [1.54, 1.807) is 22.2 Å². The van der Waals surface area contributed by atoms with Crippen LogP contribution in [-0.4, -0.2) is 97.7 Å². The lowest BCUT2D eigenvalue weighted by Crippen LogP contribution is -2.51. The van der Waals surface area contributed by atoms with Crippen molar-refractivity contribution in [1.82, 2.24) is 44.9 Å². The van der Waals surface area contributed by atoms with E-state index in [1.165, 1.54) is 14.2 Å². The Morgan fingerprint density at radius 2 is 1.19 bits per heavy atom. The van der Waals surface area contributed by atoms with Crippen LogP contribution in [-0.2, 0) is 26.1 Å². The minimum absolute atomic E-state index is 0.104. The highest BCUT2D eigenvalue weighted by molar-refractivity contribution is 5.96. The van der Waals surface area contributed by atoms with E-state index < -0.39 is 24.3 Å². The molecule has 0 aliphatic carbocycles. The van der Waals surface area contributed by atoms with E-state index in [0.717, 1.165) is 59.2 Å². The Morgan fingerprint density at radius 1 is 0.707 bits per heavy atom. The Balaban J connectivity index is 1.13. The molecule has 2 aliphatic rings. The maximum atomic E-state index is 14.1. The maximum Gasteiger partial charge on any atom is 0.407 e. The van der Waals surface area contributed by atoms with Crippen LogP contribution in [0.5, 0.6) is 0 Å². The number of amides is 4. The van der Waals surface area contributed by atoms with Crippen molar-refractivity contribution in [2.24, 2.45) is 18.9 Å². The Hall–Kier alpha value is -6.19. The van der Waals surface area contributed by atoms with Crippen molar-refractivity contribution >= 4 is 45.8 Å². The quantitative estimate of drug-likeness (QED) is 0.131. The lowest BCUT2D eigenvalue weighted by atomic mass is 10.0. The van der Waals surface area contributed by atoms with Gasteiger partial charge in [-0.15, -0.1) is 0 Å². The number of imidazole rings is 2. The number of ether oxygens (including phenoxy) is 2. The number of benzene rings is 2. The van der Waals surface area contributed by atoms with Crippen molar-refractivity contribution in [3.63, 3.8) is 0 Å². The number of hydrogen-bond donors (Lipinski definition) is 4. The first-order valence-corrected chi connectivity index (χ1v) is 19.8. The molecule has 2 aliphatic heterocycles. The summed E-state index contributed by atoms with van der Waals surface area (Å²) in [6.45, 7) is 8.62. The number of rotatable bonds is 10. The molecule has 2 unspecified atom stereocenters. The molecule has 2 saturated heterocycles. The average molecular weight is 794 g/mol. The second-order valence-electron chi connectivity index (χ2n) is 15.8. The van der Waals surface area contributed by atoms with Gasteiger partial charge in [-0.3, -0.25) is 14.4 Å². The van der Waals surface area contributed by atoms with Crippen LogP contribution in [0.4, 0.5) is 9.59 Å². The molecule has 16 nitrogen and oxygen atoms in total. The molecular formula is C42H51N9O7. The van der Waals surface area contributed by atoms with Crippen LogP contribution in [0.2, 0.25) is 0 Å². The van der Waals surface area contributed by atoms with E-state index in [9.17, 15) is 24.0 Å². The number of nitrogens with zero attached hydrogens (tertiary/aromatic N) is 5. The minimum atomic E-state index is -0.732. The summed E-state index contributed by atoms with van der Waals surface area (Å²) < 4.78 is 11.5. The van der Waals surface area contributed by atoms with E-state index in [1.807, 2.05) is 75.7 Å². The lowest BCUT2D eigenvalue weighted by molar-refractivity contribution is -0.136. The molecule has 0 radical (unpaired) electrons. The third kappa shape index (κ3) is 7.50. The van der Waals surface area contributed by atoms with Crippen molar-refractivity contribution in [3.05, 3.63) is 70.7 Å². The lowest BCUT2D eigenvalue weighted by Gasteiger charge is -2.30. The van der Waals surface area contributed by atoms with Crippen molar-refractivity contribution in [1.29, 1.82) is 0 Å². The first-order valence-electron chi connectivity index (χ1n) is 19.8. The van der Waals surface area contributed by atoms with Gasteiger partial charge in [-0.2, -0.15) is 0 Å². The van der Waals surface area contributed by atoms with Gasteiger partial charge < -0.3 is 44.4 Å². The molecule has 3 aromatic heterocycles. The smallest absolute Gasteiger partial charge is 0.407 e. The van der Waals surface area contributed by atoms with E-state index in [-0.39, 0.29) is 41.2 Å². The zero-order valence-electron chi connectivity index (χ0n) is 33.9. The number of pyridine rings is 1. The molecule has 0 saturated carbocycles. The fraction of sp³-hybridized carbons (Fsp3) is 0.452. The summed E-state index contributed by atoms with van der Waals surface area (Å²) in [5, 5.41) is 6.48. The summed E-state index contributed by atoms with van der Waals surface area (Å²) in [6, 6.07) is 9.41. The number of alkyl carbamates (subject to hydrolysis) is 2. The number of aromatic nitrogens is 5. The Morgan fingerprint density at radius 3 is 1.67 bits per heavy atom. The number of aromatic amines is 2. The van der Waals surface area contributed by atoms with E-state index in [4.69, 9.17) is 9.47 Å². The second-order valence-corrected chi connectivity index (χ2v) is 15.8. The van der Waals surface area contributed by atoms with Crippen LogP contribution in [0.25, 0.3) is 44.3 Å². The number of methoxy groups -OCH3 is 2. The Bertz CT molecular complexity index is 2430. The van der Waals surface area contributed by atoms with E-state index >= 15 is 0 Å². The first-order chi connectivity index (χ1) is 27.8. The number of H-pyrrole nitrogens is 2. The molecule has 5 aromatic rings. The molecule has 16 heteroatoms. The highest BCUT2D eigenvalue weighted by Gasteiger charge is 2.39. The van der Waals surface area contributed by atoms with Crippen molar-refractivity contribution in [3.8, 4) is 22.5 Å². The van der Waals surface area contributed by atoms with Crippen LogP contribution >= 0.6 is 0 Å². The molecule has 306 valence electrons. The summed E-state index contributed by atoms with van der Waals surface area (Å²) in [7, 11) is 4.48. The number of hydrogen-bond acceptors (Lipinski definition) is 9. The fourth-order valence-corrected chi connectivity index (χ4v) is 8.31. The molecule has 4 N–H and O–H groups in total. The largest absolute Gasteiger partial charge is 0.453 e. The first kappa shape index (κ1) is 40.0. The zero-order valence-corrected chi connectivity index (χ0v) is 33.9. The Kier molecular flexibility index (Phi) is 11.3. The molecule has 4 amide bonds. The van der Waals surface area contributed by atoms with Gasteiger partial charge in [-0.05, 0) is 61.8 Å². The van der Waals surface area contributed by atoms with Gasteiger partial charge in [0.1, 0.15) is 23.7 Å². The van der Waals surface area contributed by atoms with Crippen LogP contribution in [0.3, 0.4) is 0 Å². The topological polar surface area (TPSA) is 197 Å². The molecular weight excluding hydrogens is 743 g/mol. The molecule has 5 heterocycles. The number of likely N-dealkylation sites (tertiary alicyclic amines) is 2. The number of fused-ring (bicyclic) bond motifs is 2. The normalized spacial score (nSPS) is 17.9. The number of carbonyl (C=O) groups excluding carboxylic acids is 4. The third-order valence-corrected chi connectivity index (χ3v) is 11.5. The summed E-state index contributed by atoms with van der Waals surface area (Å²) >= 11 is 0. The number of carbonyl (C=O) groups is 4. The SMILES string of the molecule is COC(=O)NC(C(=O)N1CCC[C@H]1c1ncc(-c2ccc3c(c2)c(=O)c2ccc(-c4cnc([C@@H]5CCCN5C(=O)C(NC(=O)OC)C(C)C)[nH]4)cc2n3C)[nH]1)C(C)C. The molecule has 2 aromatic carbocycles. The van der Waals surface area contributed by atoms with Gasteiger partial charge >= 0.3 is 12.2 Å². The average Bonchev–Trinajstić information content (AvgIpc) is 4.06. The van der Waals surface area contributed by atoms with Gasteiger partial charge in [0.15, 0.2) is 5.43 Å². The monoisotopic (exact) mass is 793 g/mol. The van der Waals surface area contributed by atoms with Gasteiger partial charge in [-0.25, -0.2) is 19.6 Å². The molecule has 0 bridgehead atoms. The van der Waals surface area contributed by atoms with Crippen LogP contribution in [0, 0.1) is 11.8 Å². The summed E-state index contributed by atoms with van der Waals surface area (Å²) in [5.41, 5.74) is 4.50. The minimum Gasteiger partial charge on any atom is -0.453 e. The van der Waals surface area contributed by atoms with Gasteiger partial charge in [-0.1, -0.05) is 39.8 Å². The van der Waals surface area contributed by atoms with Gasteiger partial charge in [0.05, 0.1) is 61.1 Å². The third-order valence-electron chi connectivity index (χ3n) is 11.5. The van der Waals surface area contributed by atoms with Crippen molar-refractivity contribution in [2.45, 2.75) is 77.5 Å². The van der Waals surface area contributed by atoms with E-state index in [2.05, 4.69) is 30.6 Å². The van der Waals surface area contributed by atoms with Crippen LogP contribution in [0.15, 0.2) is 53.6 Å². The summed E-state index contributed by atoms with van der Waals surface area (Å²) in [5.74, 6) is 0.659. The fourth-order valence-electron chi connectivity index (χ4n) is 8.31. The van der Waals surface area contributed by atoms with E-state index in [0.29, 0.717) is 35.5 Å². The van der Waals surface area contributed by atoms with Crippen LogP contribution in [0.1, 0.15) is 77.1 Å². The summed E-state index contributed by atoms with van der Waals surface area (Å²) in [4.78, 5) is 85.1. The molecule has 0 spiro atoms. The number of nitrogens with one attached hydrogen (secondary N) is 4. The highest BCUT2D eigenvalue weighted by Crippen LogP contribution is 2.35. The van der Waals surface area contributed by atoms with Gasteiger partial charge in [0.25, 0.3) is 0 Å². The predicted molar refractivity (Wildman–Crippen MR) is 218 cm³/mol. The maximum absolute atomic E-state index is 14.1.